The van der Waals surface area contributed by atoms with Gasteiger partial charge in [0.05, 0.1) is 5.56 Å². The number of hydrogen-bond donors (Lipinski definition) is 1. The monoisotopic (exact) mass is 272 g/mol. The van der Waals surface area contributed by atoms with E-state index in [0.29, 0.717) is 21.9 Å². The molecule has 1 N–H and O–H groups in total. The number of benzene rings is 2. The van der Waals surface area contributed by atoms with Crippen LogP contribution in [0.4, 0.5) is 0 Å². The molecule has 0 radical (unpaired) electrons. The van der Waals surface area contributed by atoms with Crippen molar-refractivity contribution in [1.29, 1.82) is 0 Å². The molecule has 3 nitrogen and oxygen atoms in total. The molecule has 0 aliphatic carbocycles. The highest BCUT2D eigenvalue weighted by molar-refractivity contribution is 6.31. The van der Waals surface area contributed by atoms with Crippen LogP contribution in [0.2, 0.25) is 5.02 Å². The van der Waals surface area contributed by atoms with Gasteiger partial charge in [-0.1, -0.05) is 29.8 Å². The molecule has 2 aromatic carbocycles. The first-order chi connectivity index (χ1) is 9.15. The predicted molar refractivity (Wildman–Crippen MR) is 73.6 cm³/mol. The van der Waals surface area contributed by atoms with Crippen LogP contribution in [0.3, 0.4) is 0 Å². The summed E-state index contributed by atoms with van der Waals surface area (Å²) in [5, 5.41) is 10.6. The van der Waals surface area contributed by atoms with Crippen LogP contribution in [0.15, 0.2) is 52.9 Å². The van der Waals surface area contributed by atoms with Gasteiger partial charge in [-0.15, -0.1) is 0 Å². The second-order valence-electron chi connectivity index (χ2n) is 4.14. The number of rotatable bonds is 2. The molecular formula is C15H9ClO3. The number of carboxylic acids is 1. The molecule has 0 aliphatic heterocycles. The Balaban J connectivity index is 2.22. The fourth-order valence-corrected chi connectivity index (χ4v) is 2.21. The van der Waals surface area contributed by atoms with Crippen molar-refractivity contribution in [3.05, 3.63) is 59.1 Å². The van der Waals surface area contributed by atoms with Gasteiger partial charge in [0.15, 0.2) is 0 Å². The van der Waals surface area contributed by atoms with E-state index in [-0.39, 0.29) is 5.56 Å². The topological polar surface area (TPSA) is 50.4 Å². The molecule has 0 bridgehead atoms. The molecule has 0 atom stereocenters. The van der Waals surface area contributed by atoms with Crippen molar-refractivity contribution < 1.29 is 14.3 Å². The zero-order chi connectivity index (χ0) is 13.4. The van der Waals surface area contributed by atoms with Gasteiger partial charge in [-0.3, -0.25) is 0 Å². The van der Waals surface area contributed by atoms with E-state index in [2.05, 4.69) is 0 Å². The Morgan fingerprint density at radius 3 is 2.68 bits per heavy atom. The maximum absolute atomic E-state index is 11.2. The summed E-state index contributed by atoms with van der Waals surface area (Å²) in [7, 11) is 0. The molecule has 0 spiro atoms. The maximum Gasteiger partial charge on any atom is 0.336 e. The van der Waals surface area contributed by atoms with E-state index in [4.69, 9.17) is 16.0 Å². The summed E-state index contributed by atoms with van der Waals surface area (Å²) >= 11 is 5.92. The largest absolute Gasteiger partial charge is 0.478 e. The van der Waals surface area contributed by atoms with Gasteiger partial charge in [-0.05, 0) is 30.3 Å². The van der Waals surface area contributed by atoms with Crippen molar-refractivity contribution in [2.24, 2.45) is 0 Å². The Hall–Kier alpha value is -2.26. The van der Waals surface area contributed by atoms with Gasteiger partial charge in [0, 0.05) is 16.0 Å². The van der Waals surface area contributed by atoms with E-state index in [1.165, 1.54) is 0 Å². The number of fused-ring (bicyclic) bond motifs is 1. The lowest BCUT2D eigenvalue weighted by molar-refractivity contribution is 0.0697. The van der Waals surface area contributed by atoms with Gasteiger partial charge in [-0.2, -0.15) is 0 Å². The molecule has 0 saturated heterocycles. The fourth-order valence-electron chi connectivity index (χ4n) is 2.03. The minimum atomic E-state index is -0.978. The van der Waals surface area contributed by atoms with Crippen LogP contribution in [-0.4, -0.2) is 11.1 Å². The molecule has 3 rings (SSSR count). The molecule has 19 heavy (non-hydrogen) atoms. The van der Waals surface area contributed by atoms with Gasteiger partial charge < -0.3 is 9.52 Å². The molecule has 0 amide bonds. The van der Waals surface area contributed by atoms with Crippen LogP contribution in [0, 0.1) is 0 Å². The number of aromatic carboxylic acids is 1. The van der Waals surface area contributed by atoms with Crippen molar-refractivity contribution in [3.8, 4) is 11.3 Å². The Labute approximate surface area is 114 Å². The number of carbonyl (C=O) groups is 1. The lowest BCUT2D eigenvalue weighted by Gasteiger charge is -2.01. The number of hydrogen-bond acceptors (Lipinski definition) is 2. The Bertz CT molecular complexity index is 774. The maximum atomic E-state index is 11.2. The third-order valence-electron chi connectivity index (χ3n) is 2.90. The van der Waals surface area contributed by atoms with E-state index in [0.717, 1.165) is 5.39 Å². The van der Waals surface area contributed by atoms with Crippen LogP contribution in [0.1, 0.15) is 10.4 Å². The van der Waals surface area contributed by atoms with Gasteiger partial charge in [-0.25, -0.2) is 4.79 Å². The summed E-state index contributed by atoms with van der Waals surface area (Å²) in [6.45, 7) is 0. The molecule has 1 heterocycles. The van der Waals surface area contributed by atoms with Crippen LogP contribution in [-0.2, 0) is 0 Å². The lowest BCUT2D eigenvalue weighted by Crippen LogP contribution is -1.98. The zero-order valence-electron chi connectivity index (χ0n) is 9.76. The lowest BCUT2D eigenvalue weighted by atomic mass is 10.1. The summed E-state index contributed by atoms with van der Waals surface area (Å²) in [6, 6.07) is 13.8. The molecule has 1 aromatic heterocycles. The highest BCUT2D eigenvalue weighted by Gasteiger charge is 2.14. The molecule has 4 heteroatoms. The van der Waals surface area contributed by atoms with E-state index >= 15 is 0 Å². The first-order valence-corrected chi connectivity index (χ1v) is 6.05. The van der Waals surface area contributed by atoms with Gasteiger partial charge in [0.25, 0.3) is 0 Å². The average Bonchev–Trinajstić information content (AvgIpc) is 2.81. The summed E-state index contributed by atoms with van der Waals surface area (Å²) in [6.07, 6.45) is 0. The quantitative estimate of drug-likeness (QED) is 0.750. The van der Waals surface area contributed by atoms with Gasteiger partial charge in [0.2, 0.25) is 0 Å². The highest BCUT2D eigenvalue weighted by atomic mass is 35.5. The summed E-state index contributed by atoms with van der Waals surface area (Å²) in [5.41, 5.74) is 1.45. The first-order valence-electron chi connectivity index (χ1n) is 5.67. The summed E-state index contributed by atoms with van der Waals surface area (Å²) < 4.78 is 5.68. The SMILES string of the molecule is O=C(O)c1ccccc1-c1cc2cc(Cl)ccc2o1. The number of furan rings is 1. The second kappa shape index (κ2) is 4.44. The van der Waals surface area contributed by atoms with Gasteiger partial charge in [0.1, 0.15) is 11.3 Å². The molecule has 0 unspecified atom stereocenters. The van der Waals surface area contributed by atoms with Crippen molar-refractivity contribution in [2.75, 3.05) is 0 Å². The fraction of sp³-hybridized carbons (Fsp3) is 0. The Morgan fingerprint density at radius 1 is 1.11 bits per heavy atom. The third kappa shape index (κ3) is 2.09. The van der Waals surface area contributed by atoms with E-state index in [1.807, 2.05) is 0 Å². The Kier molecular flexibility index (Phi) is 2.76. The van der Waals surface area contributed by atoms with Crippen molar-refractivity contribution >= 4 is 28.5 Å². The molecule has 94 valence electrons. The summed E-state index contributed by atoms with van der Waals surface area (Å²) in [5.74, 6) is -0.454. The minimum absolute atomic E-state index is 0.215. The first kappa shape index (κ1) is 11.8. The smallest absolute Gasteiger partial charge is 0.336 e. The van der Waals surface area contributed by atoms with Crippen LogP contribution in [0.5, 0.6) is 0 Å². The Morgan fingerprint density at radius 2 is 1.89 bits per heavy atom. The zero-order valence-corrected chi connectivity index (χ0v) is 10.5. The van der Waals surface area contributed by atoms with Crippen LogP contribution < -0.4 is 0 Å². The molecule has 3 aromatic rings. The van der Waals surface area contributed by atoms with E-state index < -0.39 is 5.97 Å². The molecule has 0 fully saturated rings. The summed E-state index contributed by atoms with van der Waals surface area (Å²) in [4.78, 5) is 11.2. The van der Waals surface area contributed by atoms with E-state index in [9.17, 15) is 9.90 Å². The number of halogens is 1. The van der Waals surface area contributed by atoms with Crippen molar-refractivity contribution in [1.82, 2.24) is 0 Å². The predicted octanol–water partition coefficient (Wildman–Crippen LogP) is 4.45. The minimum Gasteiger partial charge on any atom is -0.478 e. The van der Waals surface area contributed by atoms with Crippen LogP contribution in [0.25, 0.3) is 22.3 Å². The molecular weight excluding hydrogens is 264 g/mol. The average molecular weight is 273 g/mol. The van der Waals surface area contributed by atoms with Gasteiger partial charge >= 0.3 is 5.97 Å². The highest BCUT2D eigenvalue weighted by Crippen LogP contribution is 2.31. The molecule has 0 aliphatic rings. The third-order valence-corrected chi connectivity index (χ3v) is 3.14. The van der Waals surface area contributed by atoms with E-state index in [1.54, 1.807) is 48.5 Å². The normalized spacial score (nSPS) is 10.8. The second-order valence-corrected chi connectivity index (χ2v) is 4.58. The number of carboxylic acid groups (broad SMARTS) is 1. The van der Waals surface area contributed by atoms with Crippen molar-refractivity contribution in [3.63, 3.8) is 0 Å². The molecule has 0 saturated carbocycles. The standard InChI is InChI=1S/C15H9ClO3/c16-10-5-6-13-9(7-10)8-14(19-13)11-3-1-2-4-12(11)15(17)18/h1-8H,(H,17,18). The van der Waals surface area contributed by atoms with Crippen LogP contribution >= 0.6 is 11.6 Å². The van der Waals surface area contributed by atoms with Crippen molar-refractivity contribution in [2.45, 2.75) is 0 Å².